The van der Waals surface area contributed by atoms with Gasteiger partial charge < -0.3 is 35.1 Å². The molecule has 1 saturated carbocycles. The highest BCUT2D eigenvalue weighted by atomic mass is 35.5. The van der Waals surface area contributed by atoms with Gasteiger partial charge in [0.15, 0.2) is 12.5 Å². The van der Waals surface area contributed by atoms with Gasteiger partial charge in [0, 0.05) is 32.4 Å². The normalized spacial score (nSPS) is 12.8. The number of aryl methyl sites for hydroxylation is 2. The molecule has 8 nitrogen and oxygen atoms in total. The van der Waals surface area contributed by atoms with Crippen molar-refractivity contribution in [2.24, 2.45) is 0 Å². The second-order valence-electron chi connectivity index (χ2n) is 13.2. The summed E-state index contributed by atoms with van der Waals surface area (Å²) in [6, 6.07) is 21.8. The number of hydrogen-bond donors (Lipinski definition) is 4. The SMILES string of the molecule is Cc1c(Cl)cc(NCOc2cc(Cl)cc(Cl)c2)c(O)c1Cl.Cc1ccc(OCCCNC(=O)c2cc(OC3CCCCC3)c3ccccc3c2O)c(C)c1. The molecule has 0 saturated heterocycles. The van der Waals surface area contributed by atoms with Gasteiger partial charge >= 0.3 is 0 Å². The van der Waals surface area contributed by atoms with Crippen LogP contribution in [0.4, 0.5) is 5.69 Å². The van der Waals surface area contributed by atoms with Crippen molar-refractivity contribution in [2.45, 2.75) is 65.4 Å². The van der Waals surface area contributed by atoms with Crippen LogP contribution in [0.3, 0.4) is 0 Å². The summed E-state index contributed by atoms with van der Waals surface area (Å²) in [4.78, 5) is 12.9. The Morgan fingerprint density at radius 1 is 0.796 bits per heavy atom. The average molecular weight is 815 g/mol. The number of anilines is 1. The maximum atomic E-state index is 12.9. The largest absolute Gasteiger partial charge is 0.506 e. The van der Waals surface area contributed by atoms with Crippen molar-refractivity contribution in [3.05, 3.63) is 115 Å². The molecule has 5 aromatic carbocycles. The number of ether oxygens (including phenoxy) is 3. The van der Waals surface area contributed by atoms with Crippen molar-refractivity contribution in [3.63, 3.8) is 0 Å². The van der Waals surface area contributed by atoms with Gasteiger partial charge in [-0.25, -0.2) is 0 Å². The highest BCUT2D eigenvalue weighted by Crippen LogP contribution is 2.39. The van der Waals surface area contributed by atoms with E-state index in [1.807, 2.05) is 43.3 Å². The average Bonchev–Trinajstić information content (AvgIpc) is 3.15. The topological polar surface area (TPSA) is 109 Å². The van der Waals surface area contributed by atoms with Crippen LogP contribution < -0.4 is 24.8 Å². The van der Waals surface area contributed by atoms with Crippen molar-refractivity contribution < 1.29 is 29.2 Å². The number of benzene rings is 5. The molecule has 5 aromatic rings. The number of halogens is 4. The third-order valence-electron chi connectivity index (χ3n) is 9.02. The summed E-state index contributed by atoms with van der Waals surface area (Å²) in [5.74, 6) is 1.64. The first-order chi connectivity index (χ1) is 25.9. The van der Waals surface area contributed by atoms with Gasteiger partial charge in [0.25, 0.3) is 5.91 Å². The summed E-state index contributed by atoms with van der Waals surface area (Å²) in [7, 11) is 0. The molecule has 0 atom stereocenters. The molecule has 0 spiro atoms. The summed E-state index contributed by atoms with van der Waals surface area (Å²) in [6.45, 7) is 6.84. The molecule has 4 N–H and O–H groups in total. The van der Waals surface area contributed by atoms with Crippen LogP contribution in [-0.2, 0) is 0 Å². The van der Waals surface area contributed by atoms with Gasteiger partial charge in [0.05, 0.1) is 29.0 Å². The fourth-order valence-corrected chi connectivity index (χ4v) is 7.08. The minimum absolute atomic E-state index is 0.00868. The first-order valence-corrected chi connectivity index (χ1v) is 19.3. The zero-order valence-corrected chi connectivity index (χ0v) is 33.4. The molecule has 1 fully saturated rings. The molecule has 0 bridgehead atoms. The molecule has 0 aromatic heterocycles. The number of phenols is 2. The smallest absolute Gasteiger partial charge is 0.255 e. The second-order valence-corrected chi connectivity index (χ2v) is 14.8. The van der Waals surface area contributed by atoms with Crippen LogP contribution in [0, 0.1) is 20.8 Å². The molecular weight excluding hydrogens is 770 g/mol. The molecule has 0 unspecified atom stereocenters. The predicted octanol–water partition coefficient (Wildman–Crippen LogP) is 11.8. The van der Waals surface area contributed by atoms with E-state index in [0.29, 0.717) is 62.8 Å². The molecule has 12 heteroatoms. The van der Waals surface area contributed by atoms with Crippen molar-refractivity contribution in [3.8, 4) is 28.7 Å². The Morgan fingerprint density at radius 3 is 2.20 bits per heavy atom. The van der Waals surface area contributed by atoms with Gasteiger partial charge in [-0.05, 0) is 100 Å². The van der Waals surface area contributed by atoms with Crippen molar-refractivity contribution in [1.82, 2.24) is 5.32 Å². The van der Waals surface area contributed by atoms with E-state index in [2.05, 4.69) is 23.6 Å². The van der Waals surface area contributed by atoms with Crippen LogP contribution >= 0.6 is 46.4 Å². The zero-order chi connectivity index (χ0) is 38.8. The van der Waals surface area contributed by atoms with Crippen LogP contribution in [-0.4, -0.2) is 42.1 Å². The van der Waals surface area contributed by atoms with Crippen molar-refractivity contribution in [2.75, 3.05) is 25.2 Å². The van der Waals surface area contributed by atoms with Crippen molar-refractivity contribution >= 4 is 68.8 Å². The van der Waals surface area contributed by atoms with Crippen LogP contribution in [0.2, 0.25) is 20.1 Å². The zero-order valence-electron chi connectivity index (χ0n) is 30.4. The minimum atomic E-state index is -0.307. The van der Waals surface area contributed by atoms with Crippen LogP contribution in [0.1, 0.15) is 65.6 Å². The van der Waals surface area contributed by atoms with E-state index in [9.17, 15) is 15.0 Å². The number of amides is 1. The number of nitrogens with one attached hydrogen (secondary N) is 2. The fraction of sp³-hybridized carbons (Fsp3) is 0.310. The monoisotopic (exact) mass is 812 g/mol. The first kappa shape index (κ1) is 41.0. The van der Waals surface area contributed by atoms with E-state index in [1.165, 1.54) is 12.0 Å². The Morgan fingerprint density at radius 2 is 1.50 bits per heavy atom. The molecular formula is C42H44Cl4N2O6. The first-order valence-electron chi connectivity index (χ1n) is 17.8. The lowest BCUT2D eigenvalue weighted by Crippen LogP contribution is -2.26. The summed E-state index contributed by atoms with van der Waals surface area (Å²) in [6.07, 6.45) is 6.45. The number of carbonyl (C=O) groups is 1. The Bertz CT molecular complexity index is 2070. The van der Waals surface area contributed by atoms with E-state index in [-0.39, 0.29) is 40.8 Å². The third-order valence-corrected chi connectivity index (χ3v) is 10.3. The molecule has 1 aliphatic carbocycles. The third kappa shape index (κ3) is 10.9. The van der Waals surface area contributed by atoms with Gasteiger partial charge in [0.2, 0.25) is 0 Å². The molecule has 6 rings (SSSR count). The van der Waals surface area contributed by atoms with Crippen molar-refractivity contribution in [1.29, 1.82) is 0 Å². The fourth-order valence-electron chi connectivity index (χ4n) is 6.12. The molecule has 54 heavy (non-hydrogen) atoms. The van der Waals surface area contributed by atoms with E-state index >= 15 is 0 Å². The Balaban J connectivity index is 0.000000230. The summed E-state index contributed by atoms with van der Waals surface area (Å²) in [5, 5.41) is 29.6. The maximum Gasteiger partial charge on any atom is 0.255 e. The minimum Gasteiger partial charge on any atom is -0.506 e. The Hall–Kier alpha value is -4.21. The molecule has 1 amide bonds. The molecule has 286 valence electrons. The number of rotatable bonds is 12. The lowest BCUT2D eigenvalue weighted by Gasteiger charge is -2.24. The van der Waals surface area contributed by atoms with Gasteiger partial charge in [-0.2, -0.15) is 0 Å². The number of carbonyl (C=O) groups excluding carboxylic acids is 1. The van der Waals surface area contributed by atoms with Gasteiger partial charge in [-0.1, -0.05) is 94.8 Å². The van der Waals surface area contributed by atoms with Gasteiger partial charge in [0.1, 0.15) is 23.0 Å². The number of phenolic OH excluding ortho intramolecular Hbond substituents is 2. The van der Waals surface area contributed by atoms with E-state index in [4.69, 9.17) is 60.6 Å². The van der Waals surface area contributed by atoms with E-state index < -0.39 is 0 Å². The summed E-state index contributed by atoms with van der Waals surface area (Å²) in [5.41, 5.74) is 3.54. The number of fused-ring (bicyclic) bond motifs is 1. The standard InChI is InChI=1S/C28H33NO4.C14H11Cl4NO2/c1-19-13-14-25(20(2)17-19)32-16-8-15-29-28(31)24-18-26(33-21-9-4-3-5-10-21)22-11-6-7-12-23(22)27(24)30;1-7-11(17)5-12(14(20)13(7)18)19-6-21-10-3-8(15)2-9(16)4-10/h6-7,11-14,17-18,21,30H,3-5,8-10,15-16H2,1-2H3,(H,29,31);2-5,19-20H,6H2,1H3. The summed E-state index contributed by atoms with van der Waals surface area (Å²) < 4.78 is 17.6. The second kappa shape index (κ2) is 19.4. The molecule has 0 heterocycles. The Kier molecular flexibility index (Phi) is 14.7. The number of hydrogen-bond acceptors (Lipinski definition) is 7. The van der Waals surface area contributed by atoms with Crippen LogP contribution in [0.25, 0.3) is 10.8 Å². The highest BCUT2D eigenvalue weighted by molar-refractivity contribution is 6.37. The van der Waals surface area contributed by atoms with E-state index in [1.54, 1.807) is 37.3 Å². The maximum absolute atomic E-state index is 12.9. The lowest BCUT2D eigenvalue weighted by molar-refractivity contribution is 0.0947. The van der Waals surface area contributed by atoms with Crippen LogP contribution in [0.15, 0.2) is 72.8 Å². The van der Waals surface area contributed by atoms with Gasteiger partial charge in [-0.3, -0.25) is 4.79 Å². The molecule has 1 aliphatic rings. The summed E-state index contributed by atoms with van der Waals surface area (Å²) >= 11 is 23.7. The highest BCUT2D eigenvalue weighted by Gasteiger charge is 2.21. The molecule has 0 radical (unpaired) electrons. The Labute approximate surface area is 336 Å². The van der Waals surface area contributed by atoms with E-state index in [0.717, 1.165) is 42.4 Å². The predicted molar refractivity (Wildman–Crippen MR) is 220 cm³/mol. The van der Waals surface area contributed by atoms with Crippen LogP contribution in [0.5, 0.6) is 28.7 Å². The van der Waals surface area contributed by atoms with Gasteiger partial charge in [-0.15, -0.1) is 0 Å². The molecule has 0 aliphatic heterocycles. The number of aromatic hydroxyl groups is 2. The lowest BCUT2D eigenvalue weighted by atomic mass is 9.97. The quantitative estimate of drug-likeness (QED) is 0.0564.